The van der Waals surface area contributed by atoms with E-state index in [1.807, 2.05) is 36.4 Å². The van der Waals surface area contributed by atoms with Crippen LogP contribution in [0, 0.1) is 0 Å². The van der Waals surface area contributed by atoms with Crippen molar-refractivity contribution in [3.8, 4) is 0 Å². The number of carbonyl (C=O) groups excluding carboxylic acids is 1. The van der Waals surface area contributed by atoms with Crippen molar-refractivity contribution in [3.63, 3.8) is 0 Å². The summed E-state index contributed by atoms with van der Waals surface area (Å²) >= 11 is 0. The summed E-state index contributed by atoms with van der Waals surface area (Å²) in [5.74, 6) is -0.225. The molecule has 0 amide bonds. The predicted molar refractivity (Wildman–Crippen MR) is 64.4 cm³/mol. The Hall–Kier alpha value is -1.61. The second kappa shape index (κ2) is 5.64. The van der Waals surface area contributed by atoms with E-state index >= 15 is 0 Å². The van der Waals surface area contributed by atoms with Crippen molar-refractivity contribution in [3.05, 3.63) is 48.0 Å². The van der Waals surface area contributed by atoms with Crippen LogP contribution in [0.4, 0.5) is 0 Å². The molecule has 0 aromatic heterocycles. The molecular weight excluding hydrogens is 216 g/mol. The van der Waals surface area contributed by atoms with E-state index in [-0.39, 0.29) is 18.2 Å². The van der Waals surface area contributed by atoms with Gasteiger partial charge in [0.1, 0.15) is 6.10 Å². The molecule has 0 spiro atoms. The van der Waals surface area contributed by atoms with Gasteiger partial charge in [0, 0.05) is 0 Å². The Morgan fingerprint density at radius 2 is 2.18 bits per heavy atom. The molecule has 2 rings (SSSR count). The summed E-state index contributed by atoms with van der Waals surface area (Å²) in [5.41, 5.74) is 1.11. The molecule has 0 fully saturated rings. The van der Waals surface area contributed by atoms with Gasteiger partial charge in [-0.3, -0.25) is 4.79 Å². The maximum atomic E-state index is 11.2. The van der Waals surface area contributed by atoms with Crippen molar-refractivity contribution in [1.82, 2.24) is 0 Å². The van der Waals surface area contributed by atoms with Crippen LogP contribution in [0.2, 0.25) is 0 Å². The van der Waals surface area contributed by atoms with Gasteiger partial charge < -0.3 is 9.47 Å². The smallest absolute Gasteiger partial charge is 0.308 e. The third kappa shape index (κ3) is 3.17. The number of carbonyl (C=O) groups is 1. The lowest BCUT2D eigenvalue weighted by Gasteiger charge is -2.25. The van der Waals surface area contributed by atoms with Crippen molar-refractivity contribution in [1.29, 1.82) is 0 Å². The molecular formula is C14H16O3. The Bertz CT molecular complexity index is 397. The van der Waals surface area contributed by atoms with Crippen LogP contribution >= 0.6 is 0 Å². The average Bonchev–Trinajstić information content (AvgIpc) is 2.40. The Balaban J connectivity index is 2.00. The van der Waals surface area contributed by atoms with Gasteiger partial charge in [-0.15, -0.1) is 0 Å². The summed E-state index contributed by atoms with van der Waals surface area (Å²) in [6.45, 7) is 0. The van der Waals surface area contributed by atoms with Gasteiger partial charge in [0.15, 0.2) is 0 Å². The zero-order chi connectivity index (χ0) is 12.1. The van der Waals surface area contributed by atoms with Gasteiger partial charge in [-0.2, -0.15) is 0 Å². The molecule has 1 aliphatic heterocycles. The first-order valence-corrected chi connectivity index (χ1v) is 5.73. The number of rotatable bonds is 3. The number of methoxy groups -OCH3 is 1. The van der Waals surface area contributed by atoms with E-state index in [9.17, 15) is 4.79 Å². The molecule has 90 valence electrons. The monoisotopic (exact) mass is 232 g/mol. The van der Waals surface area contributed by atoms with E-state index in [0.29, 0.717) is 6.42 Å². The molecule has 3 nitrogen and oxygen atoms in total. The Morgan fingerprint density at radius 1 is 1.41 bits per heavy atom. The van der Waals surface area contributed by atoms with Gasteiger partial charge >= 0.3 is 5.97 Å². The fourth-order valence-corrected chi connectivity index (χ4v) is 1.90. The molecule has 3 heteroatoms. The number of hydrogen-bond acceptors (Lipinski definition) is 3. The van der Waals surface area contributed by atoms with E-state index in [0.717, 1.165) is 12.0 Å². The molecule has 0 saturated heterocycles. The highest BCUT2D eigenvalue weighted by Gasteiger charge is 2.21. The van der Waals surface area contributed by atoms with Crippen molar-refractivity contribution < 1.29 is 14.3 Å². The number of esters is 1. The fraction of sp³-hybridized carbons (Fsp3) is 0.357. The number of benzene rings is 1. The molecule has 1 aliphatic rings. The third-order valence-electron chi connectivity index (χ3n) is 2.80. The van der Waals surface area contributed by atoms with Gasteiger partial charge in [0.05, 0.1) is 19.6 Å². The second-order valence-electron chi connectivity index (χ2n) is 4.03. The highest BCUT2D eigenvalue weighted by Crippen LogP contribution is 2.27. The van der Waals surface area contributed by atoms with Gasteiger partial charge in [0.25, 0.3) is 0 Å². The minimum atomic E-state index is -0.225. The topological polar surface area (TPSA) is 35.5 Å². The van der Waals surface area contributed by atoms with Crippen molar-refractivity contribution >= 4 is 5.97 Å². The molecule has 1 aromatic carbocycles. The lowest BCUT2D eigenvalue weighted by molar-refractivity contribution is -0.144. The van der Waals surface area contributed by atoms with Crippen LogP contribution in [-0.2, 0) is 14.3 Å². The van der Waals surface area contributed by atoms with E-state index in [4.69, 9.17) is 4.74 Å². The zero-order valence-corrected chi connectivity index (χ0v) is 9.84. The molecule has 17 heavy (non-hydrogen) atoms. The summed E-state index contributed by atoms with van der Waals surface area (Å²) < 4.78 is 10.5. The average molecular weight is 232 g/mol. The van der Waals surface area contributed by atoms with E-state index in [1.54, 1.807) is 0 Å². The molecule has 0 unspecified atom stereocenters. The SMILES string of the molecule is COC(=O)C[C@H]1CC=C[C@@H](c2ccccc2)O1. The molecule has 1 aromatic rings. The van der Waals surface area contributed by atoms with Crippen LogP contribution in [0.3, 0.4) is 0 Å². The summed E-state index contributed by atoms with van der Waals surface area (Å²) in [6.07, 6.45) is 5.03. The molecule has 0 radical (unpaired) electrons. The van der Waals surface area contributed by atoms with E-state index in [1.165, 1.54) is 7.11 Å². The molecule has 0 saturated carbocycles. The second-order valence-corrected chi connectivity index (χ2v) is 4.03. The van der Waals surface area contributed by atoms with Crippen LogP contribution in [0.25, 0.3) is 0 Å². The van der Waals surface area contributed by atoms with Crippen LogP contribution in [0.1, 0.15) is 24.5 Å². The lowest BCUT2D eigenvalue weighted by Crippen LogP contribution is -2.22. The fourth-order valence-electron chi connectivity index (χ4n) is 1.90. The normalized spacial score (nSPS) is 23.4. The zero-order valence-electron chi connectivity index (χ0n) is 9.84. The predicted octanol–water partition coefficient (Wildman–Crippen LogP) is 2.64. The van der Waals surface area contributed by atoms with Gasteiger partial charge in [-0.05, 0) is 12.0 Å². The third-order valence-corrected chi connectivity index (χ3v) is 2.80. The summed E-state index contributed by atoms with van der Waals surface area (Å²) in [4.78, 5) is 11.2. The standard InChI is InChI=1S/C14H16O3/c1-16-14(15)10-12-8-5-9-13(17-12)11-6-3-2-4-7-11/h2-7,9,12-13H,8,10H2,1H3/t12-,13+/m1/s1. The quantitative estimate of drug-likeness (QED) is 0.593. The van der Waals surface area contributed by atoms with Crippen LogP contribution < -0.4 is 0 Å². The first-order chi connectivity index (χ1) is 8.29. The Morgan fingerprint density at radius 3 is 2.88 bits per heavy atom. The van der Waals surface area contributed by atoms with Crippen molar-refractivity contribution in [2.75, 3.05) is 7.11 Å². The van der Waals surface area contributed by atoms with Gasteiger partial charge in [0.2, 0.25) is 0 Å². The van der Waals surface area contributed by atoms with Crippen molar-refractivity contribution in [2.45, 2.75) is 25.0 Å². The Kier molecular flexibility index (Phi) is 3.94. The summed E-state index contributed by atoms with van der Waals surface area (Å²) in [6, 6.07) is 9.99. The van der Waals surface area contributed by atoms with Gasteiger partial charge in [-0.1, -0.05) is 42.5 Å². The lowest BCUT2D eigenvalue weighted by atomic mass is 10.0. The van der Waals surface area contributed by atoms with E-state index < -0.39 is 0 Å². The highest BCUT2D eigenvalue weighted by atomic mass is 16.5. The molecule has 2 atom stereocenters. The largest absolute Gasteiger partial charge is 0.469 e. The van der Waals surface area contributed by atoms with Crippen LogP contribution in [0.5, 0.6) is 0 Å². The number of ether oxygens (including phenoxy) is 2. The molecule has 0 bridgehead atoms. The summed E-state index contributed by atoms with van der Waals surface area (Å²) in [5, 5.41) is 0. The minimum absolute atomic E-state index is 0.0559. The minimum Gasteiger partial charge on any atom is -0.469 e. The highest BCUT2D eigenvalue weighted by molar-refractivity contribution is 5.69. The molecule has 0 aliphatic carbocycles. The number of hydrogen-bond donors (Lipinski definition) is 0. The Labute approximate surface area is 101 Å². The maximum absolute atomic E-state index is 11.2. The van der Waals surface area contributed by atoms with E-state index in [2.05, 4.69) is 10.8 Å². The van der Waals surface area contributed by atoms with Crippen LogP contribution in [0.15, 0.2) is 42.5 Å². The first kappa shape index (κ1) is 11.9. The first-order valence-electron chi connectivity index (χ1n) is 5.73. The maximum Gasteiger partial charge on any atom is 0.308 e. The summed E-state index contributed by atoms with van der Waals surface area (Å²) in [7, 11) is 1.40. The van der Waals surface area contributed by atoms with Crippen molar-refractivity contribution in [2.24, 2.45) is 0 Å². The molecule has 0 N–H and O–H groups in total. The molecule has 1 heterocycles. The van der Waals surface area contributed by atoms with Crippen LogP contribution in [-0.4, -0.2) is 19.2 Å². The van der Waals surface area contributed by atoms with Gasteiger partial charge in [-0.25, -0.2) is 0 Å².